The van der Waals surface area contributed by atoms with Crippen molar-refractivity contribution in [3.05, 3.63) is 76.3 Å². The Bertz CT molecular complexity index is 1080. The molecule has 4 amide bonds. The lowest BCUT2D eigenvalue weighted by Crippen LogP contribution is -2.42. The predicted octanol–water partition coefficient (Wildman–Crippen LogP) is 3.65. The quantitative estimate of drug-likeness (QED) is 0.551. The van der Waals surface area contributed by atoms with Crippen LogP contribution in [0.25, 0.3) is 0 Å². The number of urea groups is 1. The number of benzene rings is 2. The van der Waals surface area contributed by atoms with E-state index in [0.29, 0.717) is 16.3 Å². The van der Waals surface area contributed by atoms with Gasteiger partial charge in [-0.25, -0.2) is 4.79 Å². The van der Waals surface area contributed by atoms with Gasteiger partial charge in [-0.05, 0) is 24.1 Å². The molecule has 1 aliphatic heterocycles. The Hall–Kier alpha value is -3.59. The molecule has 0 saturated carbocycles. The summed E-state index contributed by atoms with van der Waals surface area (Å²) in [5, 5.41) is 14.7. The van der Waals surface area contributed by atoms with Crippen LogP contribution in [0.5, 0.6) is 0 Å². The molecule has 2 aromatic carbocycles. The van der Waals surface area contributed by atoms with E-state index in [-0.39, 0.29) is 18.4 Å². The largest absolute Gasteiger partial charge is 0.335 e. The second-order valence-electron chi connectivity index (χ2n) is 7.04. The van der Waals surface area contributed by atoms with E-state index in [9.17, 15) is 14.4 Å². The number of fused-ring (bicyclic) bond motifs is 1. The number of rotatable bonds is 7. The van der Waals surface area contributed by atoms with Crippen molar-refractivity contribution < 1.29 is 14.4 Å². The average Bonchev–Trinajstić information content (AvgIpc) is 3.32. The van der Waals surface area contributed by atoms with E-state index in [1.54, 1.807) is 24.3 Å². The molecular weight excluding hydrogens is 414 g/mol. The zero-order chi connectivity index (χ0) is 21.8. The normalized spacial score (nSPS) is 13.8. The van der Waals surface area contributed by atoms with Crippen molar-refractivity contribution in [3.8, 4) is 0 Å². The second-order valence-corrected chi connectivity index (χ2v) is 8.10. The molecule has 3 aromatic rings. The first-order valence-corrected chi connectivity index (χ1v) is 10.8. The Labute approximate surface area is 183 Å². The molecule has 1 unspecified atom stereocenters. The monoisotopic (exact) mass is 435 g/mol. The molecule has 4 rings (SSSR count). The Balaban J connectivity index is 1.51. The van der Waals surface area contributed by atoms with Crippen molar-refractivity contribution in [2.75, 3.05) is 11.9 Å². The lowest BCUT2D eigenvalue weighted by molar-refractivity contribution is 0.0582. The van der Waals surface area contributed by atoms with Crippen LogP contribution in [-0.2, 0) is 6.42 Å². The van der Waals surface area contributed by atoms with Gasteiger partial charge < -0.3 is 5.32 Å². The maximum atomic E-state index is 13.0. The third kappa shape index (κ3) is 4.31. The van der Waals surface area contributed by atoms with Gasteiger partial charge >= 0.3 is 6.03 Å². The van der Waals surface area contributed by atoms with Gasteiger partial charge in [-0.1, -0.05) is 60.7 Å². The summed E-state index contributed by atoms with van der Waals surface area (Å²) < 4.78 is 0. The van der Waals surface area contributed by atoms with Crippen LogP contribution in [-0.4, -0.2) is 39.5 Å². The Morgan fingerprint density at radius 1 is 1.00 bits per heavy atom. The van der Waals surface area contributed by atoms with E-state index in [1.807, 2.05) is 37.3 Å². The summed E-state index contributed by atoms with van der Waals surface area (Å²) in [5.74, 6) is -0.741. The van der Waals surface area contributed by atoms with Crippen LogP contribution in [0, 0.1) is 0 Å². The number of nitrogens with one attached hydrogen (secondary N) is 2. The van der Waals surface area contributed by atoms with E-state index in [2.05, 4.69) is 20.8 Å². The second kappa shape index (κ2) is 9.05. The Morgan fingerprint density at radius 3 is 2.29 bits per heavy atom. The number of amides is 4. The highest BCUT2D eigenvalue weighted by Crippen LogP contribution is 2.31. The third-order valence-electron chi connectivity index (χ3n) is 4.93. The topological polar surface area (TPSA) is 104 Å². The Morgan fingerprint density at radius 2 is 1.65 bits per heavy atom. The van der Waals surface area contributed by atoms with Gasteiger partial charge in [0.25, 0.3) is 11.8 Å². The number of anilines is 1. The minimum atomic E-state index is -0.649. The minimum Gasteiger partial charge on any atom is -0.335 e. The number of carbonyl (C=O) groups excluding carboxylic acids is 3. The van der Waals surface area contributed by atoms with Crippen LogP contribution in [0.3, 0.4) is 0 Å². The number of imide groups is 1. The van der Waals surface area contributed by atoms with Gasteiger partial charge in [0.1, 0.15) is 5.01 Å². The van der Waals surface area contributed by atoms with Gasteiger partial charge in [0.05, 0.1) is 17.2 Å². The molecule has 8 nitrogen and oxygen atoms in total. The number of hydrogen-bond donors (Lipinski definition) is 2. The minimum absolute atomic E-state index is 0.0575. The molecule has 0 fully saturated rings. The molecule has 0 spiro atoms. The summed E-state index contributed by atoms with van der Waals surface area (Å²) in [5.41, 5.74) is 1.49. The predicted molar refractivity (Wildman–Crippen MR) is 117 cm³/mol. The number of aryl methyl sites for hydroxylation is 1. The standard InChI is InChI=1S/C22H21N5O3S/c1-2-8-18-25-26-22(31-18)24-21(30)23-13-17(14-9-4-3-5-10-14)27-19(28)15-11-6-7-12-16(15)20(27)29/h3-7,9-12,17H,2,8,13H2,1H3,(H2,23,24,26,30). The Kier molecular flexibility index (Phi) is 6.03. The molecule has 9 heteroatoms. The maximum Gasteiger partial charge on any atom is 0.321 e. The van der Waals surface area contributed by atoms with Crippen LogP contribution >= 0.6 is 11.3 Å². The van der Waals surface area contributed by atoms with E-state index >= 15 is 0 Å². The summed E-state index contributed by atoms with van der Waals surface area (Å²) in [4.78, 5) is 39.6. The smallest absolute Gasteiger partial charge is 0.321 e. The first-order valence-electron chi connectivity index (χ1n) is 9.97. The average molecular weight is 436 g/mol. The summed E-state index contributed by atoms with van der Waals surface area (Å²) in [6.07, 6.45) is 1.75. The van der Waals surface area contributed by atoms with Gasteiger partial charge in [-0.3, -0.25) is 19.8 Å². The highest BCUT2D eigenvalue weighted by molar-refractivity contribution is 7.15. The number of carbonyl (C=O) groups is 3. The van der Waals surface area contributed by atoms with E-state index in [0.717, 1.165) is 23.4 Å². The van der Waals surface area contributed by atoms with Crippen molar-refractivity contribution in [2.24, 2.45) is 0 Å². The summed E-state index contributed by atoms with van der Waals surface area (Å²) in [6.45, 7) is 2.10. The molecule has 1 aromatic heterocycles. The van der Waals surface area contributed by atoms with E-state index < -0.39 is 12.1 Å². The van der Waals surface area contributed by atoms with Crippen molar-refractivity contribution in [2.45, 2.75) is 25.8 Å². The fraction of sp³-hybridized carbons (Fsp3) is 0.227. The van der Waals surface area contributed by atoms with Crippen molar-refractivity contribution in [1.29, 1.82) is 0 Å². The number of nitrogens with zero attached hydrogens (tertiary/aromatic N) is 3. The molecule has 2 N–H and O–H groups in total. The fourth-order valence-electron chi connectivity index (χ4n) is 3.47. The van der Waals surface area contributed by atoms with Gasteiger partial charge in [-0.2, -0.15) is 0 Å². The van der Waals surface area contributed by atoms with Crippen molar-refractivity contribution >= 4 is 34.3 Å². The molecule has 31 heavy (non-hydrogen) atoms. The molecule has 2 heterocycles. The fourth-order valence-corrected chi connectivity index (χ4v) is 4.31. The molecule has 0 aliphatic carbocycles. The van der Waals surface area contributed by atoms with Crippen LogP contribution in [0.1, 0.15) is 50.7 Å². The molecule has 1 aliphatic rings. The molecule has 0 radical (unpaired) electrons. The molecule has 0 bridgehead atoms. The van der Waals surface area contributed by atoms with Crippen molar-refractivity contribution in [1.82, 2.24) is 20.4 Å². The molecule has 158 valence electrons. The van der Waals surface area contributed by atoms with Crippen LogP contribution in [0.2, 0.25) is 0 Å². The number of hydrogen-bond acceptors (Lipinski definition) is 6. The van der Waals surface area contributed by atoms with Gasteiger partial charge in [0.2, 0.25) is 5.13 Å². The van der Waals surface area contributed by atoms with Gasteiger partial charge in [0.15, 0.2) is 0 Å². The van der Waals surface area contributed by atoms with Crippen LogP contribution < -0.4 is 10.6 Å². The zero-order valence-corrected chi connectivity index (χ0v) is 17.7. The highest BCUT2D eigenvalue weighted by atomic mass is 32.1. The molecular formula is C22H21N5O3S. The summed E-state index contributed by atoms with van der Waals surface area (Å²) in [7, 11) is 0. The van der Waals surface area contributed by atoms with E-state index in [1.165, 1.54) is 16.2 Å². The lowest BCUT2D eigenvalue weighted by Gasteiger charge is -2.27. The first kappa shape index (κ1) is 20.7. The highest BCUT2D eigenvalue weighted by Gasteiger charge is 2.40. The molecule has 1 atom stereocenters. The summed E-state index contributed by atoms with van der Waals surface area (Å²) in [6, 6.07) is 14.8. The number of aromatic nitrogens is 2. The van der Waals surface area contributed by atoms with E-state index in [4.69, 9.17) is 0 Å². The van der Waals surface area contributed by atoms with Crippen LogP contribution in [0.15, 0.2) is 54.6 Å². The zero-order valence-electron chi connectivity index (χ0n) is 16.9. The summed E-state index contributed by atoms with van der Waals surface area (Å²) >= 11 is 1.32. The maximum absolute atomic E-state index is 13.0. The SMILES string of the molecule is CCCc1nnc(NC(=O)NCC(c2ccccc2)N2C(=O)c3ccccc3C2=O)s1. The lowest BCUT2D eigenvalue weighted by atomic mass is 10.1. The van der Waals surface area contributed by atoms with Gasteiger partial charge in [-0.15, -0.1) is 10.2 Å². The van der Waals surface area contributed by atoms with Crippen molar-refractivity contribution in [3.63, 3.8) is 0 Å². The first-order chi connectivity index (χ1) is 15.1. The third-order valence-corrected chi connectivity index (χ3v) is 5.83. The van der Waals surface area contributed by atoms with Gasteiger partial charge in [0, 0.05) is 13.0 Å². The molecule has 0 saturated heterocycles. The van der Waals surface area contributed by atoms with Crippen LogP contribution in [0.4, 0.5) is 9.93 Å².